The normalized spacial score (nSPS) is 13.5. The quantitative estimate of drug-likeness (QED) is 0.281. The molecule has 0 fully saturated rings. The molecule has 0 spiro atoms. The van der Waals surface area contributed by atoms with Gasteiger partial charge in [-0.2, -0.15) is 0 Å². The van der Waals surface area contributed by atoms with Crippen LogP contribution in [-0.2, 0) is 25.1 Å². The highest BCUT2D eigenvalue weighted by molar-refractivity contribution is 7.98. The fraction of sp³-hybridized carbons (Fsp3) is 0.350. The molecule has 1 aliphatic rings. The summed E-state index contributed by atoms with van der Waals surface area (Å²) in [5, 5.41) is 12.0. The van der Waals surface area contributed by atoms with Gasteiger partial charge >= 0.3 is 0 Å². The number of fused-ring (bicyclic) bond motifs is 2. The zero-order chi connectivity index (χ0) is 19.7. The Morgan fingerprint density at radius 3 is 2.64 bits per heavy atom. The number of nitro benzene ring substituents is 1. The molecule has 0 saturated heterocycles. The third-order valence-electron chi connectivity index (χ3n) is 5.02. The van der Waals surface area contributed by atoms with Crippen LogP contribution in [0, 0.1) is 10.1 Å². The van der Waals surface area contributed by atoms with Gasteiger partial charge in [-0.3, -0.25) is 19.5 Å². The molecule has 1 aromatic carbocycles. The van der Waals surface area contributed by atoms with Crippen LogP contribution >= 0.6 is 11.8 Å². The summed E-state index contributed by atoms with van der Waals surface area (Å²) in [4.78, 5) is 32.7. The van der Waals surface area contributed by atoms with Crippen LogP contribution in [-0.4, -0.2) is 19.5 Å². The van der Waals surface area contributed by atoms with E-state index in [0.29, 0.717) is 28.5 Å². The Balaban J connectivity index is 1.67. The van der Waals surface area contributed by atoms with E-state index >= 15 is 0 Å². The lowest BCUT2D eigenvalue weighted by molar-refractivity contribution is -0.384. The molecule has 0 bridgehead atoms. The number of benzene rings is 1. The van der Waals surface area contributed by atoms with Crippen molar-refractivity contribution in [2.75, 3.05) is 0 Å². The van der Waals surface area contributed by atoms with Crippen molar-refractivity contribution < 1.29 is 4.92 Å². The Kier molecular flexibility index (Phi) is 5.13. The number of rotatable bonds is 5. The van der Waals surface area contributed by atoms with E-state index in [4.69, 9.17) is 0 Å². The molecule has 0 unspecified atom stereocenters. The highest BCUT2D eigenvalue weighted by Crippen LogP contribution is 2.25. The van der Waals surface area contributed by atoms with Crippen LogP contribution in [0.5, 0.6) is 0 Å². The molecule has 0 N–H and O–H groups in total. The third-order valence-corrected chi connectivity index (χ3v) is 6.07. The van der Waals surface area contributed by atoms with Gasteiger partial charge in [0.15, 0.2) is 10.8 Å². The number of thioether (sulfide) groups is 1. The van der Waals surface area contributed by atoms with Crippen molar-refractivity contribution in [3.8, 4) is 0 Å². The average molecular weight is 396 g/mol. The molecule has 1 aliphatic carbocycles. The summed E-state index contributed by atoms with van der Waals surface area (Å²) in [7, 11) is 0. The third kappa shape index (κ3) is 3.52. The van der Waals surface area contributed by atoms with Crippen molar-refractivity contribution in [2.45, 2.75) is 50.1 Å². The minimum Gasteiger partial charge on any atom is -0.287 e. The summed E-state index contributed by atoms with van der Waals surface area (Å²) < 4.78 is 1.68. The average Bonchev–Trinajstić information content (AvgIpc) is 2.71. The summed E-state index contributed by atoms with van der Waals surface area (Å²) in [5.74, 6) is 0.570. The zero-order valence-corrected chi connectivity index (χ0v) is 16.4. The van der Waals surface area contributed by atoms with Crippen molar-refractivity contribution in [3.05, 3.63) is 67.6 Å². The largest absolute Gasteiger partial charge is 0.287 e. The molecular weight excluding hydrogens is 376 g/mol. The van der Waals surface area contributed by atoms with Crippen LogP contribution in [0.25, 0.3) is 11.0 Å². The minimum atomic E-state index is -0.414. The topological polar surface area (TPSA) is 90.9 Å². The van der Waals surface area contributed by atoms with Gasteiger partial charge in [-0.1, -0.05) is 23.9 Å². The fourth-order valence-corrected chi connectivity index (χ4v) is 4.51. The maximum atomic E-state index is 13.0. The second-order valence-electron chi connectivity index (χ2n) is 6.83. The molecule has 28 heavy (non-hydrogen) atoms. The summed E-state index contributed by atoms with van der Waals surface area (Å²) in [6.07, 6.45) is 4.17. The van der Waals surface area contributed by atoms with Gasteiger partial charge in [-0.15, -0.1) is 0 Å². The SMILES string of the molecule is CCn1c(SCc2ccc([N+](=O)[O-])cc2)nc2nc3c(cc2c1=O)CCCC3. The molecule has 144 valence electrons. The van der Waals surface area contributed by atoms with Crippen molar-refractivity contribution >= 4 is 28.5 Å². The van der Waals surface area contributed by atoms with Gasteiger partial charge < -0.3 is 0 Å². The smallest absolute Gasteiger partial charge is 0.269 e. The van der Waals surface area contributed by atoms with Crippen LogP contribution in [0.1, 0.15) is 36.6 Å². The molecule has 4 rings (SSSR count). The highest BCUT2D eigenvalue weighted by Gasteiger charge is 2.17. The van der Waals surface area contributed by atoms with Crippen molar-refractivity contribution in [2.24, 2.45) is 0 Å². The number of pyridine rings is 1. The van der Waals surface area contributed by atoms with E-state index in [1.165, 1.54) is 29.5 Å². The highest BCUT2D eigenvalue weighted by atomic mass is 32.2. The monoisotopic (exact) mass is 396 g/mol. The molecule has 2 aromatic heterocycles. The van der Waals surface area contributed by atoms with E-state index in [0.717, 1.165) is 36.9 Å². The number of aryl methyl sites for hydroxylation is 2. The number of aromatic nitrogens is 3. The minimum absolute atomic E-state index is 0.0560. The molecule has 0 amide bonds. The van der Waals surface area contributed by atoms with E-state index in [2.05, 4.69) is 9.97 Å². The summed E-state index contributed by atoms with van der Waals surface area (Å²) in [6, 6.07) is 8.42. The van der Waals surface area contributed by atoms with Gasteiger partial charge in [0.05, 0.1) is 10.3 Å². The molecule has 0 radical (unpaired) electrons. The second kappa shape index (κ2) is 7.71. The first-order valence-electron chi connectivity index (χ1n) is 9.36. The number of nitrogens with zero attached hydrogens (tertiary/aromatic N) is 4. The molecule has 0 aliphatic heterocycles. The van der Waals surface area contributed by atoms with Crippen molar-refractivity contribution in [3.63, 3.8) is 0 Å². The summed E-state index contributed by atoms with van der Waals surface area (Å²) in [6.45, 7) is 2.46. The van der Waals surface area contributed by atoms with Crippen LogP contribution < -0.4 is 5.56 Å². The maximum absolute atomic E-state index is 13.0. The van der Waals surface area contributed by atoms with Crippen LogP contribution in [0.15, 0.2) is 40.3 Å². The number of nitro groups is 1. The Morgan fingerprint density at radius 1 is 1.18 bits per heavy atom. The molecular formula is C20H20N4O3S. The van der Waals surface area contributed by atoms with Crippen LogP contribution in [0.4, 0.5) is 5.69 Å². The lowest BCUT2D eigenvalue weighted by Crippen LogP contribution is -2.23. The van der Waals surface area contributed by atoms with Gasteiger partial charge in [0, 0.05) is 30.1 Å². The zero-order valence-electron chi connectivity index (χ0n) is 15.6. The maximum Gasteiger partial charge on any atom is 0.269 e. The predicted octanol–water partition coefficient (Wildman–Crippen LogP) is 3.89. The van der Waals surface area contributed by atoms with Crippen molar-refractivity contribution in [1.29, 1.82) is 0 Å². The number of non-ortho nitro benzene ring substituents is 1. The molecule has 0 atom stereocenters. The van der Waals surface area contributed by atoms with Gasteiger partial charge in [0.2, 0.25) is 0 Å². The lowest BCUT2D eigenvalue weighted by Gasteiger charge is -2.16. The van der Waals surface area contributed by atoms with E-state index in [9.17, 15) is 14.9 Å². The Hall–Kier alpha value is -2.74. The molecule has 7 nitrogen and oxygen atoms in total. The number of hydrogen-bond donors (Lipinski definition) is 0. The van der Waals surface area contributed by atoms with E-state index < -0.39 is 4.92 Å². The lowest BCUT2D eigenvalue weighted by atomic mass is 9.95. The first kappa shape index (κ1) is 18.6. The van der Waals surface area contributed by atoms with Gasteiger partial charge in [-0.05, 0) is 49.8 Å². The van der Waals surface area contributed by atoms with Crippen LogP contribution in [0.2, 0.25) is 0 Å². The molecule has 3 aromatic rings. The van der Waals surface area contributed by atoms with Gasteiger partial charge in [0.1, 0.15) is 0 Å². The van der Waals surface area contributed by atoms with Crippen LogP contribution in [0.3, 0.4) is 0 Å². The molecule has 0 saturated carbocycles. The van der Waals surface area contributed by atoms with Crippen molar-refractivity contribution in [1.82, 2.24) is 14.5 Å². The first-order valence-corrected chi connectivity index (χ1v) is 10.3. The first-order chi connectivity index (χ1) is 13.6. The fourth-order valence-electron chi connectivity index (χ4n) is 3.50. The second-order valence-corrected chi connectivity index (χ2v) is 7.77. The Morgan fingerprint density at radius 2 is 1.93 bits per heavy atom. The standard InChI is InChI=1S/C20H20N4O3S/c1-2-23-19(25)16-11-14-5-3-4-6-17(14)21-18(16)22-20(23)28-12-13-7-9-15(10-8-13)24(26)27/h7-11H,2-6,12H2,1H3. The Bertz CT molecular complexity index is 1110. The summed E-state index contributed by atoms with van der Waals surface area (Å²) in [5.41, 5.74) is 3.70. The molecule has 8 heteroatoms. The van der Waals surface area contributed by atoms with E-state index in [1.54, 1.807) is 16.7 Å². The van der Waals surface area contributed by atoms with E-state index in [-0.39, 0.29) is 11.2 Å². The van der Waals surface area contributed by atoms with Gasteiger partial charge in [0.25, 0.3) is 11.2 Å². The molecule has 2 heterocycles. The van der Waals surface area contributed by atoms with E-state index in [1.807, 2.05) is 13.0 Å². The predicted molar refractivity (Wildman–Crippen MR) is 109 cm³/mol. The summed E-state index contributed by atoms with van der Waals surface area (Å²) >= 11 is 1.45. The van der Waals surface area contributed by atoms with Gasteiger partial charge in [-0.25, -0.2) is 9.97 Å². The Labute approximate surface area is 166 Å². The number of hydrogen-bond acceptors (Lipinski definition) is 6.